The molecule has 0 spiro atoms. The molecule has 0 amide bonds. The van der Waals surface area contributed by atoms with Gasteiger partial charge in [-0.3, -0.25) is 4.98 Å². The molecule has 0 saturated carbocycles. The maximum atomic E-state index is 4.74. The largest absolute Gasteiger partial charge is 0.386 e. The molecule has 0 radical (unpaired) electrons. The summed E-state index contributed by atoms with van der Waals surface area (Å²) in [5, 5.41) is 3.22. The van der Waals surface area contributed by atoms with Crippen molar-refractivity contribution in [1.82, 2.24) is 4.98 Å². The number of aromatic nitrogens is 1. The van der Waals surface area contributed by atoms with E-state index in [0.29, 0.717) is 5.41 Å². The molecule has 0 fully saturated rings. The van der Waals surface area contributed by atoms with Crippen LogP contribution >= 0.6 is 0 Å². The van der Waals surface area contributed by atoms with Gasteiger partial charge in [-0.2, -0.15) is 0 Å². The van der Waals surface area contributed by atoms with E-state index in [4.69, 9.17) is 4.98 Å². The average molecular weight is 244 g/mol. The highest BCUT2D eigenvalue weighted by molar-refractivity contribution is 5.63. The summed E-state index contributed by atoms with van der Waals surface area (Å²) in [6.07, 6.45) is 5.33. The molecular weight excluding hydrogens is 220 g/mol. The van der Waals surface area contributed by atoms with Gasteiger partial charge in [-0.25, -0.2) is 0 Å². The van der Waals surface area contributed by atoms with Crippen LogP contribution in [0, 0.1) is 11.3 Å². The van der Waals surface area contributed by atoms with E-state index in [2.05, 4.69) is 38.7 Å². The molecule has 1 aliphatic carbocycles. The Morgan fingerprint density at radius 2 is 2.17 bits per heavy atom. The highest BCUT2D eigenvalue weighted by Crippen LogP contribution is 2.37. The number of fused-ring (bicyclic) bond motifs is 1. The second-order valence-corrected chi connectivity index (χ2v) is 6.29. The highest BCUT2D eigenvalue weighted by atomic mass is 14.9. The van der Waals surface area contributed by atoms with Crippen LogP contribution in [0.4, 0.5) is 5.69 Å². The molecule has 1 aliphatic rings. The quantitative estimate of drug-likeness (QED) is 0.853. The minimum atomic E-state index is 0.384. The predicted molar refractivity (Wildman–Crippen MR) is 78.8 cm³/mol. The molecule has 1 aromatic rings. The van der Waals surface area contributed by atoms with E-state index in [1.807, 2.05) is 13.1 Å². The van der Waals surface area contributed by atoms with Gasteiger partial charge in [0, 0.05) is 12.7 Å². The summed E-state index contributed by atoms with van der Waals surface area (Å²) in [5.74, 6) is 0.756. The number of aryl methyl sites for hydroxylation is 1. The van der Waals surface area contributed by atoms with E-state index < -0.39 is 0 Å². The summed E-state index contributed by atoms with van der Waals surface area (Å²) in [4.78, 5) is 4.74. The van der Waals surface area contributed by atoms with Crippen molar-refractivity contribution in [2.45, 2.75) is 40.0 Å². The van der Waals surface area contributed by atoms with Gasteiger partial charge in [-0.15, -0.1) is 0 Å². The highest BCUT2D eigenvalue weighted by Gasteiger charge is 2.29. The van der Waals surface area contributed by atoms with Gasteiger partial charge in [0.2, 0.25) is 0 Å². The first-order valence-corrected chi connectivity index (χ1v) is 6.78. The zero-order valence-corrected chi connectivity index (χ0v) is 12.0. The monoisotopic (exact) mass is 244 g/mol. The molecule has 98 valence electrons. The molecule has 2 rings (SSSR count). The lowest BCUT2D eigenvalue weighted by Crippen LogP contribution is -2.27. The molecule has 18 heavy (non-hydrogen) atoms. The van der Waals surface area contributed by atoms with E-state index in [0.717, 1.165) is 30.1 Å². The summed E-state index contributed by atoms with van der Waals surface area (Å²) in [6.45, 7) is 10.9. The second kappa shape index (κ2) is 4.75. The average Bonchev–Trinajstić information content (AvgIpc) is 2.35. The first kappa shape index (κ1) is 13.1. The van der Waals surface area contributed by atoms with Gasteiger partial charge in [0.1, 0.15) is 0 Å². The topological polar surface area (TPSA) is 24.9 Å². The molecule has 0 saturated heterocycles. The summed E-state index contributed by atoms with van der Waals surface area (Å²) in [7, 11) is 1.94. The number of rotatable bonds is 2. The third kappa shape index (κ3) is 2.43. The van der Waals surface area contributed by atoms with Gasteiger partial charge >= 0.3 is 0 Å². The Labute approximate surface area is 111 Å². The number of pyridine rings is 1. The zero-order valence-electron chi connectivity index (χ0n) is 12.0. The van der Waals surface area contributed by atoms with Crippen LogP contribution in [0.25, 0.3) is 6.08 Å². The first-order chi connectivity index (χ1) is 8.45. The molecule has 2 heteroatoms. The normalized spacial score (nSPS) is 19.2. The number of hydrogen-bond acceptors (Lipinski definition) is 2. The van der Waals surface area contributed by atoms with E-state index in [9.17, 15) is 0 Å². The van der Waals surface area contributed by atoms with Crippen molar-refractivity contribution in [1.29, 1.82) is 0 Å². The lowest BCUT2D eigenvalue weighted by atomic mass is 9.71. The summed E-state index contributed by atoms with van der Waals surface area (Å²) >= 11 is 0. The van der Waals surface area contributed by atoms with Gasteiger partial charge in [-0.05, 0) is 48.3 Å². The molecule has 1 N–H and O–H groups in total. The fraction of sp³-hybridized carbons (Fsp3) is 0.562. The van der Waals surface area contributed by atoms with E-state index in [-0.39, 0.29) is 0 Å². The Hall–Kier alpha value is -1.31. The number of nitrogens with one attached hydrogen (secondary N) is 1. The third-order valence-electron chi connectivity index (χ3n) is 4.10. The van der Waals surface area contributed by atoms with Crippen molar-refractivity contribution >= 4 is 11.8 Å². The smallest absolute Gasteiger partial charge is 0.0858 e. The fourth-order valence-electron chi connectivity index (χ4n) is 2.78. The van der Waals surface area contributed by atoms with Gasteiger partial charge in [-0.1, -0.05) is 27.4 Å². The lowest BCUT2D eigenvalue weighted by Gasteiger charge is -2.34. The van der Waals surface area contributed by atoms with Crippen molar-refractivity contribution in [3.05, 3.63) is 29.6 Å². The molecule has 1 aromatic heterocycles. The standard InChI is InChI=1S/C16H24N2/c1-6-13-15(17-5)10-11-9-12(16(2,3)4)7-8-14(11)18-13/h6,10,12,17H,1,7-9H2,2-5H3. The van der Waals surface area contributed by atoms with E-state index in [1.54, 1.807) is 0 Å². The maximum Gasteiger partial charge on any atom is 0.0858 e. The van der Waals surface area contributed by atoms with Gasteiger partial charge in [0.15, 0.2) is 0 Å². The van der Waals surface area contributed by atoms with Gasteiger partial charge in [0.05, 0.1) is 11.4 Å². The van der Waals surface area contributed by atoms with E-state index in [1.165, 1.54) is 17.7 Å². The molecule has 1 heterocycles. The Bertz CT molecular complexity index is 455. The number of anilines is 1. The lowest BCUT2D eigenvalue weighted by molar-refractivity contribution is 0.215. The van der Waals surface area contributed by atoms with Crippen LogP contribution < -0.4 is 5.32 Å². The first-order valence-electron chi connectivity index (χ1n) is 6.78. The predicted octanol–water partition coefficient (Wildman–Crippen LogP) is 3.92. The Kier molecular flexibility index (Phi) is 3.47. The van der Waals surface area contributed by atoms with Crippen molar-refractivity contribution < 1.29 is 0 Å². The van der Waals surface area contributed by atoms with Crippen LogP contribution in [0.5, 0.6) is 0 Å². The molecule has 1 atom stereocenters. The van der Waals surface area contributed by atoms with Crippen molar-refractivity contribution in [2.75, 3.05) is 12.4 Å². The summed E-state index contributed by atoms with van der Waals surface area (Å²) in [6, 6.07) is 2.26. The van der Waals surface area contributed by atoms with Crippen LogP contribution in [0.3, 0.4) is 0 Å². The second-order valence-electron chi connectivity index (χ2n) is 6.29. The molecular formula is C16H24N2. The Balaban J connectivity index is 2.35. The molecule has 0 aromatic carbocycles. The van der Waals surface area contributed by atoms with Gasteiger partial charge < -0.3 is 5.32 Å². The summed E-state index contributed by atoms with van der Waals surface area (Å²) in [5.41, 5.74) is 5.14. The maximum absolute atomic E-state index is 4.74. The summed E-state index contributed by atoms with van der Waals surface area (Å²) < 4.78 is 0. The van der Waals surface area contributed by atoms with Crippen molar-refractivity contribution in [2.24, 2.45) is 11.3 Å². The van der Waals surface area contributed by atoms with Crippen LogP contribution in [-0.2, 0) is 12.8 Å². The minimum Gasteiger partial charge on any atom is -0.386 e. The van der Waals surface area contributed by atoms with Gasteiger partial charge in [0.25, 0.3) is 0 Å². The fourth-order valence-corrected chi connectivity index (χ4v) is 2.78. The Morgan fingerprint density at radius 3 is 2.72 bits per heavy atom. The van der Waals surface area contributed by atoms with Crippen LogP contribution in [0.2, 0.25) is 0 Å². The van der Waals surface area contributed by atoms with Crippen molar-refractivity contribution in [3.63, 3.8) is 0 Å². The zero-order chi connectivity index (χ0) is 13.3. The van der Waals surface area contributed by atoms with Crippen molar-refractivity contribution in [3.8, 4) is 0 Å². The molecule has 0 aliphatic heterocycles. The third-order valence-corrected chi connectivity index (χ3v) is 4.10. The molecule has 2 nitrogen and oxygen atoms in total. The number of hydrogen-bond donors (Lipinski definition) is 1. The number of nitrogens with zero attached hydrogens (tertiary/aromatic N) is 1. The van der Waals surface area contributed by atoms with Crippen LogP contribution in [0.1, 0.15) is 44.1 Å². The minimum absolute atomic E-state index is 0.384. The Morgan fingerprint density at radius 1 is 1.44 bits per heavy atom. The SMILES string of the molecule is C=Cc1nc2c(cc1NC)CC(C(C)(C)C)CC2. The molecule has 0 bridgehead atoms. The molecule has 1 unspecified atom stereocenters. The van der Waals surface area contributed by atoms with E-state index >= 15 is 0 Å². The van der Waals surface area contributed by atoms with Crippen LogP contribution in [-0.4, -0.2) is 12.0 Å². The van der Waals surface area contributed by atoms with Crippen LogP contribution in [0.15, 0.2) is 12.6 Å².